The second-order valence-electron chi connectivity index (χ2n) is 2.10. The topological polar surface area (TPSA) is 40.5 Å². The largest absolute Gasteiger partial charge is 0.465 e. The molecule has 0 unspecified atom stereocenters. The Balaban J connectivity index is 3.21. The molecule has 0 saturated heterocycles. The molecule has 0 fully saturated rings. The Kier molecular flexibility index (Phi) is 4.62. The Bertz CT molecular complexity index is 108. The van der Waals surface area contributed by atoms with E-state index in [2.05, 4.69) is 0 Å². The maximum Gasteiger partial charge on any atom is 0.407 e. The standard InChI is InChI=1S/C6H12FNO2/c1-8(6(9)10)5-3-2-4-7/h2-5H2,1H3,(H,9,10). The van der Waals surface area contributed by atoms with Crippen LogP contribution in [0.4, 0.5) is 9.18 Å². The number of hydrogen-bond donors (Lipinski definition) is 1. The summed E-state index contributed by atoms with van der Waals surface area (Å²) in [6.07, 6.45) is 0.0792. The zero-order chi connectivity index (χ0) is 7.98. The van der Waals surface area contributed by atoms with Gasteiger partial charge >= 0.3 is 6.09 Å². The van der Waals surface area contributed by atoms with Gasteiger partial charge in [0.15, 0.2) is 0 Å². The van der Waals surface area contributed by atoms with Gasteiger partial charge in [-0.25, -0.2) is 4.79 Å². The Morgan fingerprint density at radius 1 is 1.60 bits per heavy atom. The molecule has 0 heterocycles. The van der Waals surface area contributed by atoms with Gasteiger partial charge in [-0.2, -0.15) is 0 Å². The minimum absolute atomic E-state index is 0.368. The van der Waals surface area contributed by atoms with Gasteiger partial charge < -0.3 is 10.0 Å². The molecule has 0 aromatic carbocycles. The predicted molar refractivity (Wildman–Crippen MR) is 35.9 cm³/mol. The summed E-state index contributed by atoms with van der Waals surface area (Å²) in [5.41, 5.74) is 0. The lowest BCUT2D eigenvalue weighted by molar-refractivity contribution is 0.155. The van der Waals surface area contributed by atoms with Crippen LogP contribution in [-0.4, -0.2) is 36.4 Å². The van der Waals surface area contributed by atoms with Gasteiger partial charge in [-0.15, -0.1) is 0 Å². The number of carbonyl (C=O) groups is 1. The summed E-state index contributed by atoms with van der Waals surface area (Å²) >= 11 is 0. The molecule has 0 radical (unpaired) electrons. The van der Waals surface area contributed by atoms with E-state index in [4.69, 9.17) is 5.11 Å². The van der Waals surface area contributed by atoms with Crippen molar-refractivity contribution in [2.45, 2.75) is 12.8 Å². The van der Waals surface area contributed by atoms with Gasteiger partial charge in [0.05, 0.1) is 6.67 Å². The molecule has 1 N–H and O–H groups in total. The highest BCUT2D eigenvalue weighted by Crippen LogP contribution is 1.92. The number of amides is 1. The molecule has 3 nitrogen and oxygen atoms in total. The molecule has 0 aliphatic carbocycles. The lowest BCUT2D eigenvalue weighted by Crippen LogP contribution is -2.25. The first-order chi connectivity index (χ1) is 4.68. The SMILES string of the molecule is CN(CCCCF)C(=O)O. The molecule has 0 aromatic heterocycles. The van der Waals surface area contributed by atoms with Crippen LogP contribution in [0, 0.1) is 0 Å². The van der Waals surface area contributed by atoms with Crippen LogP contribution < -0.4 is 0 Å². The second kappa shape index (κ2) is 5.02. The second-order valence-corrected chi connectivity index (χ2v) is 2.10. The fourth-order valence-corrected chi connectivity index (χ4v) is 0.539. The van der Waals surface area contributed by atoms with Crippen LogP contribution in [-0.2, 0) is 0 Å². The van der Waals surface area contributed by atoms with E-state index >= 15 is 0 Å². The van der Waals surface area contributed by atoms with Gasteiger partial charge in [-0.1, -0.05) is 0 Å². The third-order valence-electron chi connectivity index (χ3n) is 1.20. The number of unbranched alkanes of at least 4 members (excludes halogenated alkanes) is 1. The molecule has 1 amide bonds. The number of alkyl halides is 1. The van der Waals surface area contributed by atoms with Crippen LogP contribution in [0.2, 0.25) is 0 Å². The van der Waals surface area contributed by atoms with Gasteiger partial charge in [0.25, 0.3) is 0 Å². The molecule has 60 valence electrons. The van der Waals surface area contributed by atoms with Crippen molar-refractivity contribution in [3.63, 3.8) is 0 Å². The first-order valence-corrected chi connectivity index (χ1v) is 3.18. The Hall–Kier alpha value is -0.800. The quantitative estimate of drug-likeness (QED) is 0.613. The van der Waals surface area contributed by atoms with E-state index in [0.29, 0.717) is 19.4 Å². The van der Waals surface area contributed by atoms with Crippen LogP contribution in [0.3, 0.4) is 0 Å². The fourth-order valence-electron chi connectivity index (χ4n) is 0.539. The highest BCUT2D eigenvalue weighted by molar-refractivity contribution is 5.64. The minimum Gasteiger partial charge on any atom is -0.465 e. The summed E-state index contributed by atoms with van der Waals surface area (Å²) in [5.74, 6) is 0. The average molecular weight is 149 g/mol. The van der Waals surface area contributed by atoms with Crippen LogP contribution in [0.25, 0.3) is 0 Å². The molecule has 0 aliphatic heterocycles. The van der Waals surface area contributed by atoms with E-state index in [0.717, 1.165) is 4.90 Å². The van der Waals surface area contributed by atoms with E-state index in [9.17, 15) is 9.18 Å². The van der Waals surface area contributed by atoms with E-state index in [1.807, 2.05) is 0 Å². The molecular formula is C6H12FNO2. The molecule has 4 heteroatoms. The number of halogens is 1. The molecule has 0 aromatic rings. The van der Waals surface area contributed by atoms with Crippen molar-refractivity contribution in [3.8, 4) is 0 Å². The van der Waals surface area contributed by atoms with Crippen molar-refractivity contribution < 1.29 is 14.3 Å². The lowest BCUT2D eigenvalue weighted by Gasteiger charge is -2.10. The van der Waals surface area contributed by atoms with Gasteiger partial charge in [0.1, 0.15) is 0 Å². The summed E-state index contributed by atoms with van der Waals surface area (Å²) in [5, 5.41) is 8.31. The molecule has 10 heavy (non-hydrogen) atoms. The molecule has 0 atom stereocenters. The van der Waals surface area contributed by atoms with Crippen LogP contribution in [0.5, 0.6) is 0 Å². The normalized spacial score (nSPS) is 9.40. The highest BCUT2D eigenvalue weighted by atomic mass is 19.1. The molecule has 0 rings (SSSR count). The van der Waals surface area contributed by atoms with Crippen molar-refractivity contribution in [1.29, 1.82) is 0 Å². The number of carboxylic acid groups (broad SMARTS) is 1. The van der Waals surface area contributed by atoms with Gasteiger partial charge in [-0.05, 0) is 12.8 Å². The summed E-state index contributed by atoms with van der Waals surface area (Å²) in [6.45, 7) is 0.0483. The summed E-state index contributed by atoms with van der Waals surface area (Å²) in [7, 11) is 1.47. The monoisotopic (exact) mass is 149 g/mol. The van der Waals surface area contributed by atoms with Crippen LogP contribution in [0.1, 0.15) is 12.8 Å². The maximum atomic E-state index is 11.5. The fraction of sp³-hybridized carbons (Fsp3) is 0.833. The van der Waals surface area contributed by atoms with E-state index < -0.39 is 6.09 Å². The summed E-state index contributed by atoms with van der Waals surface area (Å²) < 4.78 is 11.5. The van der Waals surface area contributed by atoms with Gasteiger partial charge in [0.2, 0.25) is 0 Å². The first-order valence-electron chi connectivity index (χ1n) is 3.18. The molecular weight excluding hydrogens is 137 g/mol. The highest BCUT2D eigenvalue weighted by Gasteiger charge is 2.02. The van der Waals surface area contributed by atoms with Gasteiger partial charge in [-0.3, -0.25) is 4.39 Å². The van der Waals surface area contributed by atoms with Crippen molar-refractivity contribution in [3.05, 3.63) is 0 Å². The Labute approximate surface area is 59.4 Å². The lowest BCUT2D eigenvalue weighted by atomic mass is 10.3. The summed E-state index contributed by atoms with van der Waals surface area (Å²) in [6, 6.07) is 0. The van der Waals surface area contributed by atoms with E-state index in [1.54, 1.807) is 0 Å². The number of hydrogen-bond acceptors (Lipinski definition) is 1. The van der Waals surface area contributed by atoms with Crippen molar-refractivity contribution in [1.82, 2.24) is 4.90 Å². The first kappa shape index (κ1) is 9.20. The van der Waals surface area contributed by atoms with Crippen molar-refractivity contribution >= 4 is 6.09 Å². The Morgan fingerprint density at radius 2 is 2.20 bits per heavy atom. The number of nitrogens with zero attached hydrogens (tertiary/aromatic N) is 1. The predicted octanol–water partition coefficient (Wildman–Crippen LogP) is 1.35. The molecule has 0 spiro atoms. The molecule has 0 saturated carbocycles. The molecule has 0 bridgehead atoms. The molecule has 0 aliphatic rings. The number of rotatable bonds is 4. The Morgan fingerprint density at radius 3 is 2.60 bits per heavy atom. The van der Waals surface area contributed by atoms with Crippen molar-refractivity contribution in [2.24, 2.45) is 0 Å². The summed E-state index contributed by atoms with van der Waals surface area (Å²) in [4.78, 5) is 11.3. The maximum absolute atomic E-state index is 11.5. The van der Waals surface area contributed by atoms with E-state index in [-0.39, 0.29) is 6.67 Å². The smallest absolute Gasteiger partial charge is 0.407 e. The third kappa shape index (κ3) is 4.12. The van der Waals surface area contributed by atoms with E-state index in [1.165, 1.54) is 7.05 Å². The van der Waals surface area contributed by atoms with Gasteiger partial charge in [0, 0.05) is 13.6 Å². The van der Waals surface area contributed by atoms with Crippen molar-refractivity contribution in [2.75, 3.05) is 20.3 Å². The van der Waals surface area contributed by atoms with Crippen LogP contribution >= 0.6 is 0 Å². The third-order valence-corrected chi connectivity index (χ3v) is 1.20. The van der Waals surface area contributed by atoms with Crippen LogP contribution in [0.15, 0.2) is 0 Å². The minimum atomic E-state index is -0.959. The zero-order valence-electron chi connectivity index (χ0n) is 6.01. The average Bonchev–Trinajstić information content (AvgIpc) is 1.88. The zero-order valence-corrected chi connectivity index (χ0v) is 6.01.